The number of ether oxygens (including phenoxy) is 1. The predicted molar refractivity (Wildman–Crippen MR) is 66.7 cm³/mol. The lowest BCUT2D eigenvalue weighted by atomic mass is 10.4. The van der Waals surface area contributed by atoms with Gasteiger partial charge in [0.2, 0.25) is 0 Å². The van der Waals surface area contributed by atoms with Crippen molar-refractivity contribution in [3.05, 3.63) is 22.6 Å². The van der Waals surface area contributed by atoms with E-state index < -0.39 is 0 Å². The number of halogens is 3. The molecule has 0 unspecified atom stereocenters. The summed E-state index contributed by atoms with van der Waals surface area (Å²) in [5.74, 6) is 0.359. The summed E-state index contributed by atoms with van der Waals surface area (Å²) in [5.41, 5.74) is 0. The Bertz CT molecular complexity index is 341. The van der Waals surface area contributed by atoms with Crippen LogP contribution < -0.4 is 4.90 Å². The minimum absolute atomic E-state index is 0.306. The first-order valence-corrected chi connectivity index (χ1v) is 6.12. The molecule has 0 saturated heterocycles. The van der Waals surface area contributed by atoms with Gasteiger partial charge in [-0.05, 0) is 22.0 Å². The van der Waals surface area contributed by atoms with Gasteiger partial charge in [-0.25, -0.2) is 9.37 Å². The second-order valence-corrected chi connectivity index (χ2v) is 4.42. The highest BCUT2D eigenvalue weighted by Gasteiger charge is 2.12. The summed E-state index contributed by atoms with van der Waals surface area (Å²) < 4.78 is 19.2. The Kier molecular flexibility index (Phi) is 6.01. The van der Waals surface area contributed by atoms with E-state index in [0.29, 0.717) is 35.9 Å². The molecule has 1 heterocycles. The molecular weight excluding hydrogens is 298 g/mol. The molecule has 3 nitrogen and oxygen atoms in total. The molecule has 0 atom stereocenters. The lowest BCUT2D eigenvalue weighted by Crippen LogP contribution is -2.30. The Hall–Kier alpha value is -0.390. The van der Waals surface area contributed by atoms with Gasteiger partial charge in [-0.1, -0.05) is 0 Å². The first-order chi connectivity index (χ1) is 7.69. The SMILES string of the molecule is COCCN(CCCl)c1ncc(Br)cc1F. The van der Waals surface area contributed by atoms with Crippen molar-refractivity contribution in [2.24, 2.45) is 0 Å². The van der Waals surface area contributed by atoms with Gasteiger partial charge in [0.25, 0.3) is 0 Å². The zero-order chi connectivity index (χ0) is 12.0. The number of rotatable bonds is 6. The molecule has 0 N–H and O–H groups in total. The van der Waals surface area contributed by atoms with E-state index >= 15 is 0 Å². The van der Waals surface area contributed by atoms with Crippen LogP contribution in [0.15, 0.2) is 16.7 Å². The van der Waals surface area contributed by atoms with Crippen LogP contribution in [-0.2, 0) is 4.74 Å². The normalized spacial score (nSPS) is 10.5. The zero-order valence-corrected chi connectivity index (χ0v) is 11.3. The molecule has 0 aliphatic carbocycles. The number of methoxy groups -OCH3 is 1. The number of alkyl halides is 1. The third-order valence-electron chi connectivity index (χ3n) is 2.01. The molecule has 0 saturated carbocycles. The number of pyridine rings is 1. The van der Waals surface area contributed by atoms with Crippen LogP contribution in [0.25, 0.3) is 0 Å². The van der Waals surface area contributed by atoms with Gasteiger partial charge in [0.05, 0.1) is 6.61 Å². The molecule has 90 valence electrons. The van der Waals surface area contributed by atoms with Gasteiger partial charge >= 0.3 is 0 Å². The summed E-state index contributed by atoms with van der Waals surface area (Å²) >= 11 is 8.83. The van der Waals surface area contributed by atoms with Crippen LogP contribution in [0.1, 0.15) is 0 Å². The lowest BCUT2D eigenvalue weighted by molar-refractivity contribution is 0.205. The molecular formula is C10H13BrClFN2O. The van der Waals surface area contributed by atoms with Crippen molar-refractivity contribution in [1.82, 2.24) is 4.98 Å². The van der Waals surface area contributed by atoms with Gasteiger partial charge < -0.3 is 9.64 Å². The maximum Gasteiger partial charge on any atom is 0.166 e. The average Bonchev–Trinajstić information content (AvgIpc) is 2.25. The Balaban J connectivity index is 2.82. The van der Waals surface area contributed by atoms with Crippen LogP contribution in [0, 0.1) is 5.82 Å². The van der Waals surface area contributed by atoms with Crippen LogP contribution in [0.3, 0.4) is 0 Å². The quantitative estimate of drug-likeness (QED) is 0.755. The van der Waals surface area contributed by atoms with E-state index in [2.05, 4.69) is 20.9 Å². The van der Waals surface area contributed by atoms with E-state index in [1.165, 1.54) is 6.07 Å². The Labute approximate surface area is 108 Å². The highest BCUT2D eigenvalue weighted by atomic mass is 79.9. The summed E-state index contributed by atoms with van der Waals surface area (Å²) in [6.07, 6.45) is 1.56. The molecule has 0 aromatic carbocycles. The summed E-state index contributed by atoms with van der Waals surface area (Å²) in [7, 11) is 1.60. The van der Waals surface area contributed by atoms with E-state index in [1.807, 2.05) is 0 Å². The van der Waals surface area contributed by atoms with Gasteiger partial charge in [-0.3, -0.25) is 0 Å². The Morgan fingerprint density at radius 3 is 2.88 bits per heavy atom. The van der Waals surface area contributed by atoms with E-state index in [4.69, 9.17) is 16.3 Å². The molecule has 16 heavy (non-hydrogen) atoms. The molecule has 0 fully saturated rings. The third kappa shape index (κ3) is 3.88. The summed E-state index contributed by atoms with van der Waals surface area (Å²) in [6.45, 7) is 1.61. The van der Waals surface area contributed by atoms with Crippen molar-refractivity contribution in [3.63, 3.8) is 0 Å². The monoisotopic (exact) mass is 310 g/mol. The second-order valence-electron chi connectivity index (χ2n) is 3.13. The highest BCUT2D eigenvalue weighted by Crippen LogP contribution is 2.19. The standard InChI is InChI=1S/C10H13BrClFN2O/c1-16-5-4-15(3-2-12)10-9(13)6-8(11)7-14-10/h6-7H,2-5H2,1H3. The van der Waals surface area contributed by atoms with Crippen LogP contribution in [0.5, 0.6) is 0 Å². The maximum absolute atomic E-state index is 13.6. The van der Waals surface area contributed by atoms with E-state index in [0.717, 1.165) is 0 Å². The molecule has 0 aliphatic heterocycles. The molecule has 1 rings (SSSR count). The van der Waals surface area contributed by atoms with Crippen LogP contribution in [0.2, 0.25) is 0 Å². The second kappa shape index (κ2) is 7.04. The number of hydrogen-bond acceptors (Lipinski definition) is 3. The van der Waals surface area contributed by atoms with Gasteiger partial charge in [-0.2, -0.15) is 0 Å². The topological polar surface area (TPSA) is 25.4 Å². The molecule has 1 aromatic rings. The molecule has 6 heteroatoms. The van der Waals surface area contributed by atoms with Crippen molar-refractivity contribution >= 4 is 33.3 Å². The Morgan fingerprint density at radius 2 is 2.31 bits per heavy atom. The summed E-state index contributed by atoms with van der Waals surface area (Å²) in [6, 6.07) is 1.39. The van der Waals surface area contributed by atoms with Gasteiger partial charge in [-0.15, -0.1) is 11.6 Å². The van der Waals surface area contributed by atoms with Crippen molar-refractivity contribution < 1.29 is 9.13 Å². The average molecular weight is 312 g/mol. The first-order valence-electron chi connectivity index (χ1n) is 4.80. The van der Waals surface area contributed by atoms with E-state index in [-0.39, 0.29) is 5.82 Å². The van der Waals surface area contributed by atoms with Gasteiger partial charge in [0.1, 0.15) is 0 Å². The minimum atomic E-state index is -0.365. The van der Waals surface area contributed by atoms with Gasteiger partial charge in [0, 0.05) is 36.7 Å². The first kappa shape index (κ1) is 13.7. The predicted octanol–water partition coefficient (Wildman–Crippen LogP) is 2.67. The smallest absolute Gasteiger partial charge is 0.166 e. The third-order valence-corrected chi connectivity index (χ3v) is 2.61. The fourth-order valence-corrected chi connectivity index (χ4v) is 1.77. The molecule has 0 spiro atoms. The van der Waals surface area contributed by atoms with E-state index in [1.54, 1.807) is 18.2 Å². The van der Waals surface area contributed by atoms with Crippen molar-refractivity contribution in [3.8, 4) is 0 Å². The van der Waals surface area contributed by atoms with Crippen LogP contribution >= 0.6 is 27.5 Å². The largest absolute Gasteiger partial charge is 0.383 e. The van der Waals surface area contributed by atoms with Crippen molar-refractivity contribution in [1.29, 1.82) is 0 Å². The molecule has 0 bridgehead atoms. The van der Waals surface area contributed by atoms with Crippen molar-refractivity contribution in [2.75, 3.05) is 37.6 Å². The maximum atomic E-state index is 13.6. The van der Waals surface area contributed by atoms with Gasteiger partial charge in [0.15, 0.2) is 11.6 Å². The molecule has 1 aromatic heterocycles. The van der Waals surface area contributed by atoms with Crippen molar-refractivity contribution in [2.45, 2.75) is 0 Å². The van der Waals surface area contributed by atoms with Crippen LogP contribution in [-0.4, -0.2) is 37.7 Å². The number of anilines is 1. The molecule has 0 radical (unpaired) electrons. The molecule has 0 amide bonds. The number of nitrogens with zero attached hydrogens (tertiary/aromatic N) is 2. The Morgan fingerprint density at radius 1 is 1.56 bits per heavy atom. The zero-order valence-electron chi connectivity index (χ0n) is 8.92. The number of hydrogen-bond donors (Lipinski definition) is 0. The number of aromatic nitrogens is 1. The highest BCUT2D eigenvalue weighted by molar-refractivity contribution is 9.10. The fraction of sp³-hybridized carbons (Fsp3) is 0.500. The fourth-order valence-electron chi connectivity index (χ4n) is 1.27. The lowest BCUT2D eigenvalue weighted by Gasteiger charge is -2.22. The summed E-state index contributed by atoms with van der Waals surface area (Å²) in [5, 5.41) is 0. The summed E-state index contributed by atoms with van der Waals surface area (Å²) in [4.78, 5) is 5.80. The van der Waals surface area contributed by atoms with E-state index in [9.17, 15) is 4.39 Å². The van der Waals surface area contributed by atoms with Crippen LogP contribution in [0.4, 0.5) is 10.2 Å². The minimum Gasteiger partial charge on any atom is -0.383 e. The molecule has 0 aliphatic rings.